The number of hydrogen-bond acceptors (Lipinski definition) is 2. The summed E-state index contributed by atoms with van der Waals surface area (Å²) in [5.41, 5.74) is 7.71. The zero-order valence-corrected chi connectivity index (χ0v) is 12.8. The summed E-state index contributed by atoms with van der Waals surface area (Å²) in [6.07, 6.45) is 6.07. The molecule has 1 rings (SSSR count). The molecule has 20 heavy (non-hydrogen) atoms. The molecule has 1 aromatic carbocycles. The van der Waals surface area contributed by atoms with Gasteiger partial charge in [-0.25, -0.2) is 0 Å². The van der Waals surface area contributed by atoms with Crippen molar-refractivity contribution in [3.8, 4) is 0 Å². The molecule has 0 aliphatic rings. The van der Waals surface area contributed by atoms with E-state index in [0.29, 0.717) is 19.0 Å². The monoisotopic (exact) mass is 276 g/mol. The number of amides is 1. The van der Waals surface area contributed by atoms with Gasteiger partial charge >= 0.3 is 0 Å². The van der Waals surface area contributed by atoms with Gasteiger partial charge in [-0.05, 0) is 24.0 Å². The summed E-state index contributed by atoms with van der Waals surface area (Å²) in [5.74, 6) is 0.125. The van der Waals surface area contributed by atoms with E-state index in [1.807, 2.05) is 24.3 Å². The smallest absolute Gasteiger partial charge is 0.224 e. The Labute approximate surface area is 122 Å². The number of rotatable bonds is 9. The van der Waals surface area contributed by atoms with Crippen LogP contribution >= 0.6 is 0 Å². The minimum absolute atomic E-state index is 0.125. The van der Waals surface area contributed by atoms with E-state index in [9.17, 15) is 4.79 Å². The Morgan fingerprint density at radius 3 is 2.30 bits per heavy atom. The van der Waals surface area contributed by atoms with E-state index in [1.165, 1.54) is 12.8 Å². The van der Waals surface area contributed by atoms with Crippen molar-refractivity contribution in [1.82, 2.24) is 5.32 Å². The average molecular weight is 276 g/mol. The Morgan fingerprint density at radius 2 is 1.75 bits per heavy atom. The maximum Gasteiger partial charge on any atom is 0.224 e. The highest BCUT2D eigenvalue weighted by atomic mass is 16.1. The minimum atomic E-state index is 0.125. The van der Waals surface area contributed by atoms with Gasteiger partial charge in [-0.3, -0.25) is 4.79 Å². The molecule has 0 spiro atoms. The van der Waals surface area contributed by atoms with Crippen molar-refractivity contribution in [2.45, 2.75) is 65.0 Å². The van der Waals surface area contributed by atoms with Gasteiger partial charge in [0.25, 0.3) is 0 Å². The minimum Gasteiger partial charge on any atom is -0.353 e. The molecule has 0 aliphatic carbocycles. The third-order valence-electron chi connectivity index (χ3n) is 3.53. The van der Waals surface area contributed by atoms with Crippen LogP contribution in [0.2, 0.25) is 0 Å². The Kier molecular flexibility index (Phi) is 7.97. The molecule has 0 aromatic heterocycles. The Hall–Kier alpha value is -1.35. The lowest BCUT2D eigenvalue weighted by Gasteiger charge is -2.18. The van der Waals surface area contributed by atoms with Crippen molar-refractivity contribution < 1.29 is 4.79 Å². The highest BCUT2D eigenvalue weighted by Crippen LogP contribution is 2.08. The quantitative estimate of drug-likeness (QED) is 0.728. The van der Waals surface area contributed by atoms with Crippen LogP contribution < -0.4 is 11.1 Å². The maximum absolute atomic E-state index is 12.1. The summed E-state index contributed by atoms with van der Waals surface area (Å²) in [4.78, 5) is 12.1. The standard InChI is InChI=1S/C17H28N2O/c1-3-5-7-16(6-4-2)19-17(20)12-14-8-10-15(13-18)11-9-14/h8-11,16H,3-7,12-13,18H2,1-2H3,(H,19,20). The molecule has 0 saturated heterocycles. The number of carbonyl (C=O) groups excluding carboxylic acids is 1. The second kappa shape index (κ2) is 9.54. The van der Waals surface area contributed by atoms with Crippen LogP contribution in [0.3, 0.4) is 0 Å². The second-order valence-electron chi connectivity index (χ2n) is 5.39. The number of hydrogen-bond donors (Lipinski definition) is 2. The molecule has 0 saturated carbocycles. The number of nitrogens with one attached hydrogen (secondary N) is 1. The summed E-state index contributed by atoms with van der Waals surface area (Å²) in [6.45, 7) is 4.89. The molecule has 3 nitrogen and oxygen atoms in total. The molecular formula is C17H28N2O. The SMILES string of the molecule is CCCCC(CCC)NC(=O)Cc1ccc(CN)cc1. The summed E-state index contributed by atoms with van der Waals surface area (Å²) < 4.78 is 0. The van der Waals surface area contributed by atoms with Crippen molar-refractivity contribution >= 4 is 5.91 Å². The molecule has 112 valence electrons. The van der Waals surface area contributed by atoms with Gasteiger partial charge in [-0.1, -0.05) is 57.4 Å². The van der Waals surface area contributed by atoms with Crippen LogP contribution in [0.5, 0.6) is 0 Å². The molecule has 3 N–H and O–H groups in total. The van der Waals surface area contributed by atoms with E-state index in [0.717, 1.165) is 30.4 Å². The first kappa shape index (κ1) is 16.7. The highest BCUT2D eigenvalue weighted by Gasteiger charge is 2.11. The predicted octanol–water partition coefficient (Wildman–Crippen LogP) is 3.16. The first-order valence-electron chi connectivity index (χ1n) is 7.76. The van der Waals surface area contributed by atoms with Gasteiger partial charge in [0.15, 0.2) is 0 Å². The molecule has 1 atom stereocenters. The molecule has 0 bridgehead atoms. The maximum atomic E-state index is 12.1. The zero-order chi connectivity index (χ0) is 14.8. The molecule has 0 aliphatic heterocycles. The van der Waals surface area contributed by atoms with Crippen molar-refractivity contribution in [3.63, 3.8) is 0 Å². The van der Waals surface area contributed by atoms with Gasteiger partial charge in [0, 0.05) is 12.6 Å². The molecule has 1 aromatic rings. The third-order valence-corrected chi connectivity index (χ3v) is 3.53. The van der Waals surface area contributed by atoms with Crippen LogP contribution in [-0.2, 0) is 17.8 Å². The predicted molar refractivity (Wildman–Crippen MR) is 84.4 cm³/mol. The largest absolute Gasteiger partial charge is 0.353 e. The van der Waals surface area contributed by atoms with Gasteiger partial charge in [-0.2, -0.15) is 0 Å². The van der Waals surface area contributed by atoms with Crippen LogP contribution in [0.1, 0.15) is 57.1 Å². The Balaban J connectivity index is 2.46. The molecule has 0 radical (unpaired) electrons. The summed E-state index contributed by atoms with van der Waals surface area (Å²) in [7, 11) is 0. The average Bonchev–Trinajstić information content (AvgIpc) is 2.45. The highest BCUT2D eigenvalue weighted by molar-refractivity contribution is 5.78. The summed E-state index contributed by atoms with van der Waals surface area (Å²) in [6, 6.07) is 8.29. The number of unbranched alkanes of at least 4 members (excludes halogenated alkanes) is 1. The van der Waals surface area contributed by atoms with Crippen LogP contribution in [0, 0.1) is 0 Å². The van der Waals surface area contributed by atoms with Crippen LogP contribution in [0.4, 0.5) is 0 Å². The fourth-order valence-electron chi connectivity index (χ4n) is 2.34. The van der Waals surface area contributed by atoms with Crippen LogP contribution in [0.15, 0.2) is 24.3 Å². The first-order chi connectivity index (χ1) is 9.69. The van der Waals surface area contributed by atoms with E-state index in [-0.39, 0.29) is 5.91 Å². The van der Waals surface area contributed by atoms with Crippen molar-refractivity contribution in [3.05, 3.63) is 35.4 Å². The van der Waals surface area contributed by atoms with Gasteiger partial charge < -0.3 is 11.1 Å². The van der Waals surface area contributed by atoms with E-state index in [2.05, 4.69) is 19.2 Å². The van der Waals surface area contributed by atoms with Gasteiger partial charge in [-0.15, -0.1) is 0 Å². The van der Waals surface area contributed by atoms with Crippen molar-refractivity contribution in [2.75, 3.05) is 0 Å². The van der Waals surface area contributed by atoms with Crippen molar-refractivity contribution in [1.29, 1.82) is 0 Å². The van der Waals surface area contributed by atoms with Gasteiger partial charge in [0.1, 0.15) is 0 Å². The van der Waals surface area contributed by atoms with E-state index in [1.54, 1.807) is 0 Å². The number of carbonyl (C=O) groups is 1. The molecular weight excluding hydrogens is 248 g/mol. The van der Waals surface area contributed by atoms with Gasteiger partial charge in [0.05, 0.1) is 6.42 Å². The number of nitrogens with two attached hydrogens (primary N) is 1. The lowest BCUT2D eigenvalue weighted by atomic mass is 10.0. The van der Waals surface area contributed by atoms with Crippen molar-refractivity contribution in [2.24, 2.45) is 5.73 Å². The molecule has 3 heteroatoms. The Bertz CT molecular complexity index is 386. The molecule has 0 heterocycles. The summed E-state index contributed by atoms with van der Waals surface area (Å²) in [5, 5.41) is 3.17. The third kappa shape index (κ3) is 6.20. The van der Waals surface area contributed by atoms with E-state index >= 15 is 0 Å². The normalized spacial score (nSPS) is 12.2. The summed E-state index contributed by atoms with van der Waals surface area (Å²) >= 11 is 0. The lowest BCUT2D eigenvalue weighted by Crippen LogP contribution is -2.35. The number of benzene rings is 1. The topological polar surface area (TPSA) is 55.1 Å². The van der Waals surface area contributed by atoms with Crippen LogP contribution in [-0.4, -0.2) is 11.9 Å². The molecule has 0 fully saturated rings. The molecule has 1 amide bonds. The Morgan fingerprint density at radius 1 is 1.10 bits per heavy atom. The molecule has 1 unspecified atom stereocenters. The second-order valence-corrected chi connectivity index (χ2v) is 5.39. The van der Waals surface area contributed by atoms with Gasteiger partial charge in [0.2, 0.25) is 5.91 Å². The fraction of sp³-hybridized carbons (Fsp3) is 0.588. The fourth-order valence-corrected chi connectivity index (χ4v) is 2.34. The van der Waals surface area contributed by atoms with E-state index < -0.39 is 0 Å². The zero-order valence-electron chi connectivity index (χ0n) is 12.8. The first-order valence-corrected chi connectivity index (χ1v) is 7.76. The van der Waals surface area contributed by atoms with E-state index in [4.69, 9.17) is 5.73 Å². The van der Waals surface area contributed by atoms with Crippen LogP contribution in [0.25, 0.3) is 0 Å². The lowest BCUT2D eigenvalue weighted by molar-refractivity contribution is -0.121.